The van der Waals surface area contributed by atoms with E-state index in [9.17, 15) is 4.39 Å². The van der Waals surface area contributed by atoms with E-state index >= 15 is 0 Å². The van der Waals surface area contributed by atoms with Gasteiger partial charge in [-0.25, -0.2) is 9.37 Å². The van der Waals surface area contributed by atoms with E-state index in [0.717, 1.165) is 12.5 Å². The molecule has 0 amide bonds. The quantitative estimate of drug-likeness (QED) is 0.913. The van der Waals surface area contributed by atoms with Crippen molar-refractivity contribution < 1.29 is 4.39 Å². The van der Waals surface area contributed by atoms with Gasteiger partial charge >= 0.3 is 0 Å². The summed E-state index contributed by atoms with van der Waals surface area (Å²) in [5.41, 5.74) is 0. The normalized spacial score (nSPS) is 24.7. The maximum absolute atomic E-state index is 13.5. The lowest BCUT2D eigenvalue weighted by Crippen LogP contribution is -2.17. The molecule has 0 aliphatic heterocycles. The zero-order chi connectivity index (χ0) is 11.5. The van der Waals surface area contributed by atoms with Crippen LogP contribution in [0.5, 0.6) is 0 Å². The Morgan fingerprint density at radius 3 is 3.00 bits per heavy atom. The van der Waals surface area contributed by atoms with Crippen LogP contribution in [-0.2, 0) is 0 Å². The summed E-state index contributed by atoms with van der Waals surface area (Å²) in [4.78, 5) is 4.03. The van der Waals surface area contributed by atoms with Gasteiger partial charge in [0.2, 0.25) is 0 Å². The Hall–Kier alpha value is -0.640. The van der Waals surface area contributed by atoms with E-state index in [1.165, 1.54) is 25.3 Å². The maximum Gasteiger partial charge on any atom is 0.166 e. The third-order valence-electron chi connectivity index (χ3n) is 3.38. The van der Waals surface area contributed by atoms with Crippen LogP contribution in [0.2, 0.25) is 0 Å². The fourth-order valence-electron chi connectivity index (χ4n) is 2.30. The minimum atomic E-state index is -0.292. The maximum atomic E-state index is 13.5. The lowest BCUT2D eigenvalue weighted by atomic mass is 9.98. The van der Waals surface area contributed by atoms with Crippen molar-refractivity contribution in [3.63, 3.8) is 0 Å². The van der Waals surface area contributed by atoms with E-state index in [2.05, 4.69) is 33.2 Å². The molecule has 4 heteroatoms. The number of halogens is 2. The van der Waals surface area contributed by atoms with Crippen molar-refractivity contribution in [2.45, 2.75) is 26.2 Å². The van der Waals surface area contributed by atoms with Crippen LogP contribution in [0.1, 0.15) is 26.2 Å². The zero-order valence-electron chi connectivity index (χ0n) is 9.34. The van der Waals surface area contributed by atoms with Gasteiger partial charge in [0.25, 0.3) is 0 Å². The molecule has 0 spiro atoms. The summed E-state index contributed by atoms with van der Waals surface area (Å²) in [6.45, 7) is 3.09. The molecule has 1 aromatic heterocycles. The van der Waals surface area contributed by atoms with Gasteiger partial charge in [0.1, 0.15) is 0 Å². The average Bonchev–Trinajstić information content (AvgIpc) is 2.63. The van der Waals surface area contributed by atoms with Crippen molar-refractivity contribution in [1.82, 2.24) is 4.98 Å². The Balaban J connectivity index is 1.94. The molecule has 0 saturated heterocycles. The van der Waals surface area contributed by atoms with Crippen LogP contribution in [0.25, 0.3) is 0 Å². The fraction of sp³-hybridized carbons (Fsp3) is 0.583. The molecule has 2 atom stereocenters. The van der Waals surface area contributed by atoms with Crippen molar-refractivity contribution >= 4 is 21.7 Å². The molecule has 1 saturated carbocycles. The minimum Gasteiger partial charge on any atom is -0.367 e. The Labute approximate surface area is 104 Å². The van der Waals surface area contributed by atoms with Crippen LogP contribution in [0, 0.1) is 17.7 Å². The predicted molar refractivity (Wildman–Crippen MR) is 66.9 cm³/mol. The fourth-order valence-corrected chi connectivity index (χ4v) is 2.60. The molecule has 1 aromatic rings. The third kappa shape index (κ3) is 2.73. The number of hydrogen-bond acceptors (Lipinski definition) is 2. The molecule has 0 radical (unpaired) electrons. The summed E-state index contributed by atoms with van der Waals surface area (Å²) >= 11 is 3.19. The van der Waals surface area contributed by atoms with Gasteiger partial charge in [-0.05, 0) is 40.3 Å². The van der Waals surface area contributed by atoms with Crippen molar-refractivity contribution in [1.29, 1.82) is 0 Å². The number of pyridine rings is 1. The number of nitrogens with one attached hydrogen (secondary N) is 1. The molecule has 1 heterocycles. The van der Waals surface area contributed by atoms with Crippen LogP contribution in [-0.4, -0.2) is 11.5 Å². The molecular weight excluding hydrogens is 271 g/mol. The molecule has 88 valence electrons. The predicted octanol–water partition coefficient (Wildman–Crippen LogP) is 3.83. The Bertz CT molecular complexity index is 370. The highest BCUT2D eigenvalue weighted by Gasteiger charge is 2.23. The Morgan fingerprint density at radius 2 is 2.38 bits per heavy atom. The van der Waals surface area contributed by atoms with E-state index in [0.29, 0.717) is 16.2 Å². The van der Waals surface area contributed by atoms with Crippen LogP contribution in [0.3, 0.4) is 0 Å². The highest BCUT2D eigenvalue weighted by Crippen LogP contribution is 2.31. The van der Waals surface area contributed by atoms with Crippen molar-refractivity contribution in [2.24, 2.45) is 11.8 Å². The first-order chi connectivity index (χ1) is 7.66. The molecule has 1 N–H and O–H groups in total. The van der Waals surface area contributed by atoms with Gasteiger partial charge in [0.05, 0.1) is 0 Å². The zero-order valence-corrected chi connectivity index (χ0v) is 10.9. The van der Waals surface area contributed by atoms with E-state index in [1.54, 1.807) is 6.20 Å². The van der Waals surface area contributed by atoms with Crippen LogP contribution in [0.4, 0.5) is 10.2 Å². The number of nitrogens with zero attached hydrogens (tertiary/aromatic N) is 1. The third-order valence-corrected chi connectivity index (χ3v) is 3.81. The average molecular weight is 287 g/mol. The van der Waals surface area contributed by atoms with Gasteiger partial charge in [0.15, 0.2) is 11.6 Å². The lowest BCUT2D eigenvalue weighted by molar-refractivity contribution is 0.438. The van der Waals surface area contributed by atoms with Crippen molar-refractivity contribution in [2.75, 3.05) is 11.9 Å². The smallest absolute Gasteiger partial charge is 0.166 e. The molecule has 2 nitrogen and oxygen atoms in total. The summed E-state index contributed by atoms with van der Waals surface area (Å²) in [6.07, 6.45) is 5.45. The molecule has 2 unspecified atom stereocenters. The van der Waals surface area contributed by atoms with Gasteiger partial charge in [-0.2, -0.15) is 0 Å². The Kier molecular flexibility index (Phi) is 3.79. The highest BCUT2D eigenvalue weighted by atomic mass is 79.9. The van der Waals surface area contributed by atoms with Crippen molar-refractivity contribution in [3.8, 4) is 0 Å². The first-order valence-electron chi connectivity index (χ1n) is 5.71. The first-order valence-corrected chi connectivity index (χ1v) is 6.51. The lowest BCUT2D eigenvalue weighted by Gasteiger charge is -2.16. The molecule has 16 heavy (non-hydrogen) atoms. The van der Waals surface area contributed by atoms with Crippen LogP contribution >= 0.6 is 15.9 Å². The first kappa shape index (κ1) is 11.8. The van der Waals surface area contributed by atoms with Crippen molar-refractivity contribution in [3.05, 3.63) is 22.6 Å². The summed E-state index contributed by atoms with van der Waals surface area (Å²) in [5, 5.41) is 3.11. The summed E-state index contributed by atoms with van der Waals surface area (Å²) < 4.78 is 14.1. The number of anilines is 1. The SMILES string of the molecule is CC1CCCC1CNc1ncc(Br)cc1F. The van der Waals surface area contributed by atoms with E-state index in [1.807, 2.05) is 0 Å². The second-order valence-electron chi connectivity index (χ2n) is 4.53. The molecule has 2 rings (SSSR count). The number of hydrogen-bond donors (Lipinski definition) is 1. The largest absolute Gasteiger partial charge is 0.367 e. The number of rotatable bonds is 3. The van der Waals surface area contributed by atoms with Gasteiger partial charge in [-0.1, -0.05) is 19.8 Å². The highest BCUT2D eigenvalue weighted by molar-refractivity contribution is 9.10. The van der Waals surface area contributed by atoms with E-state index < -0.39 is 0 Å². The van der Waals surface area contributed by atoms with Gasteiger partial charge in [-0.3, -0.25) is 0 Å². The summed E-state index contributed by atoms with van der Waals surface area (Å²) in [7, 11) is 0. The van der Waals surface area contributed by atoms with E-state index in [-0.39, 0.29) is 5.82 Å². The minimum absolute atomic E-state index is 0.292. The molecule has 0 bridgehead atoms. The molecule has 1 aliphatic carbocycles. The standard InChI is InChI=1S/C12H16BrFN2/c1-8-3-2-4-9(8)6-15-12-11(14)5-10(13)7-16-12/h5,7-9H,2-4,6H2,1H3,(H,15,16). The Morgan fingerprint density at radius 1 is 1.56 bits per heavy atom. The second-order valence-corrected chi connectivity index (χ2v) is 5.45. The molecule has 0 aromatic carbocycles. The van der Waals surface area contributed by atoms with Gasteiger partial charge in [0, 0.05) is 17.2 Å². The summed E-state index contributed by atoms with van der Waals surface area (Å²) in [6, 6.07) is 1.44. The van der Waals surface area contributed by atoms with Crippen LogP contribution < -0.4 is 5.32 Å². The molecule has 1 aliphatic rings. The van der Waals surface area contributed by atoms with Gasteiger partial charge in [-0.15, -0.1) is 0 Å². The molecule has 1 fully saturated rings. The molecular formula is C12H16BrFN2. The van der Waals surface area contributed by atoms with E-state index in [4.69, 9.17) is 0 Å². The van der Waals surface area contributed by atoms with Crippen LogP contribution in [0.15, 0.2) is 16.7 Å². The van der Waals surface area contributed by atoms with Gasteiger partial charge < -0.3 is 5.32 Å². The monoisotopic (exact) mass is 286 g/mol. The second kappa shape index (κ2) is 5.13. The summed E-state index contributed by atoms with van der Waals surface area (Å²) in [5.74, 6) is 1.47. The number of aromatic nitrogens is 1. The topological polar surface area (TPSA) is 24.9 Å².